The maximum atomic E-state index is 8.91. The number of nitrogens with zero attached hydrogens (tertiary/aromatic N) is 5. The molecule has 116 valence electrons. The number of hydrogen-bond donors (Lipinski definition) is 1. The first kappa shape index (κ1) is 17.0. The highest BCUT2D eigenvalue weighted by atomic mass is 16.5. The fraction of sp³-hybridized carbons (Fsp3) is 0.714. The van der Waals surface area contributed by atoms with Crippen LogP contribution in [0.1, 0.15) is 33.6 Å². The lowest BCUT2D eigenvalue weighted by molar-refractivity contribution is 0.292. The van der Waals surface area contributed by atoms with E-state index in [1.165, 1.54) is 0 Å². The van der Waals surface area contributed by atoms with Gasteiger partial charge in [-0.3, -0.25) is 0 Å². The van der Waals surface area contributed by atoms with Gasteiger partial charge >= 0.3 is 6.01 Å². The molecule has 0 amide bonds. The van der Waals surface area contributed by atoms with E-state index in [4.69, 9.17) is 10.00 Å². The lowest BCUT2D eigenvalue weighted by atomic mass is 10.2. The molecular formula is C14H24N6O. The van der Waals surface area contributed by atoms with Crippen LogP contribution in [-0.2, 0) is 0 Å². The number of aromatic nitrogens is 3. The smallest absolute Gasteiger partial charge is 0.323 e. The molecule has 0 aliphatic carbocycles. The molecule has 1 aromatic rings. The SMILES string of the molecule is CCCNc1nc(OCCC)nc(N(C)CC(C)C#N)n1. The molecule has 7 heteroatoms. The van der Waals surface area contributed by atoms with Crippen LogP contribution >= 0.6 is 0 Å². The van der Waals surface area contributed by atoms with Crippen molar-refractivity contribution in [1.29, 1.82) is 5.26 Å². The van der Waals surface area contributed by atoms with Crippen LogP contribution in [0.4, 0.5) is 11.9 Å². The average Bonchev–Trinajstić information content (AvgIpc) is 2.50. The zero-order chi connectivity index (χ0) is 15.7. The zero-order valence-electron chi connectivity index (χ0n) is 13.3. The van der Waals surface area contributed by atoms with E-state index in [0.717, 1.165) is 19.4 Å². The summed E-state index contributed by atoms with van der Waals surface area (Å²) in [6, 6.07) is 2.52. The molecule has 1 unspecified atom stereocenters. The molecule has 0 bridgehead atoms. The highest BCUT2D eigenvalue weighted by Gasteiger charge is 2.13. The molecule has 1 N–H and O–H groups in total. The van der Waals surface area contributed by atoms with E-state index in [1.54, 1.807) is 0 Å². The van der Waals surface area contributed by atoms with Crippen LogP contribution < -0.4 is 15.0 Å². The Labute approximate surface area is 126 Å². The maximum Gasteiger partial charge on any atom is 0.323 e. The molecule has 0 aromatic carbocycles. The first-order valence-corrected chi connectivity index (χ1v) is 7.34. The minimum absolute atomic E-state index is 0.0983. The molecule has 1 rings (SSSR count). The molecule has 1 heterocycles. The van der Waals surface area contributed by atoms with Gasteiger partial charge in [0.25, 0.3) is 0 Å². The lowest BCUT2D eigenvalue weighted by Crippen LogP contribution is -2.26. The van der Waals surface area contributed by atoms with Gasteiger partial charge < -0.3 is 15.0 Å². The summed E-state index contributed by atoms with van der Waals surface area (Å²) in [6.07, 6.45) is 1.87. The van der Waals surface area contributed by atoms with Gasteiger partial charge in [0.05, 0.1) is 18.6 Å². The summed E-state index contributed by atoms with van der Waals surface area (Å²) in [5.74, 6) is 0.917. The van der Waals surface area contributed by atoms with Gasteiger partial charge in [-0.2, -0.15) is 20.2 Å². The van der Waals surface area contributed by atoms with Crippen LogP contribution in [0.25, 0.3) is 0 Å². The van der Waals surface area contributed by atoms with E-state index < -0.39 is 0 Å². The zero-order valence-corrected chi connectivity index (χ0v) is 13.3. The number of hydrogen-bond acceptors (Lipinski definition) is 7. The Bertz CT molecular complexity index is 447. The van der Waals surface area contributed by atoms with Crippen LogP contribution in [-0.4, -0.2) is 41.7 Å². The molecule has 0 aliphatic heterocycles. The van der Waals surface area contributed by atoms with Gasteiger partial charge in [-0.25, -0.2) is 0 Å². The van der Waals surface area contributed by atoms with Crippen molar-refractivity contribution in [2.45, 2.75) is 33.6 Å². The van der Waals surface area contributed by atoms with Gasteiger partial charge in [0.2, 0.25) is 11.9 Å². The van der Waals surface area contributed by atoms with E-state index in [1.807, 2.05) is 25.8 Å². The fourth-order valence-corrected chi connectivity index (χ4v) is 1.62. The summed E-state index contributed by atoms with van der Waals surface area (Å²) in [6.45, 7) is 7.87. The monoisotopic (exact) mass is 292 g/mol. The molecule has 21 heavy (non-hydrogen) atoms. The van der Waals surface area contributed by atoms with E-state index in [9.17, 15) is 0 Å². The summed E-state index contributed by atoms with van der Waals surface area (Å²) in [4.78, 5) is 14.7. The Kier molecular flexibility index (Phi) is 7.23. The van der Waals surface area contributed by atoms with Gasteiger partial charge in [0.15, 0.2) is 0 Å². The highest BCUT2D eigenvalue weighted by molar-refractivity contribution is 5.37. The van der Waals surface area contributed by atoms with Crippen molar-refractivity contribution in [2.24, 2.45) is 5.92 Å². The van der Waals surface area contributed by atoms with Gasteiger partial charge in [0, 0.05) is 20.1 Å². The van der Waals surface area contributed by atoms with Crippen LogP contribution in [0.5, 0.6) is 6.01 Å². The molecule has 1 atom stereocenters. The van der Waals surface area contributed by atoms with Crippen molar-refractivity contribution in [3.05, 3.63) is 0 Å². The fourth-order valence-electron chi connectivity index (χ4n) is 1.62. The van der Waals surface area contributed by atoms with Crippen LogP contribution in [0, 0.1) is 17.2 Å². The van der Waals surface area contributed by atoms with Crippen molar-refractivity contribution < 1.29 is 4.74 Å². The normalized spacial score (nSPS) is 11.6. The second kappa shape index (κ2) is 8.95. The van der Waals surface area contributed by atoms with Gasteiger partial charge in [-0.05, 0) is 19.8 Å². The second-order valence-corrected chi connectivity index (χ2v) is 4.93. The quantitative estimate of drug-likeness (QED) is 0.745. The molecule has 0 saturated carbocycles. The van der Waals surface area contributed by atoms with E-state index in [-0.39, 0.29) is 5.92 Å². The first-order chi connectivity index (χ1) is 10.1. The Balaban J connectivity index is 2.91. The third kappa shape index (κ3) is 5.81. The van der Waals surface area contributed by atoms with Gasteiger partial charge in [0.1, 0.15) is 0 Å². The molecule has 1 aromatic heterocycles. The largest absolute Gasteiger partial charge is 0.463 e. The highest BCUT2D eigenvalue weighted by Crippen LogP contribution is 2.15. The number of nitrogens with one attached hydrogen (secondary N) is 1. The third-order valence-corrected chi connectivity index (χ3v) is 2.68. The van der Waals surface area contributed by atoms with Crippen molar-refractivity contribution in [2.75, 3.05) is 37.0 Å². The van der Waals surface area contributed by atoms with E-state index in [2.05, 4.69) is 33.3 Å². The van der Waals surface area contributed by atoms with Crippen LogP contribution in [0.2, 0.25) is 0 Å². The topological polar surface area (TPSA) is 87.0 Å². The molecular weight excluding hydrogens is 268 g/mol. The van der Waals surface area contributed by atoms with E-state index in [0.29, 0.717) is 31.1 Å². The Hall–Kier alpha value is -2.10. The van der Waals surface area contributed by atoms with E-state index >= 15 is 0 Å². The number of rotatable bonds is 9. The minimum Gasteiger partial charge on any atom is -0.463 e. The Morgan fingerprint density at radius 1 is 1.29 bits per heavy atom. The molecule has 0 spiro atoms. The van der Waals surface area contributed by atoms with Crippen molar-refractivity contribution in [3.8, 4) is 12.1 Å². The Morgan fingerprint density at radius 2 is 2.05 bits per heavy atom. The molecule has 0 aliphatic rings. The first-order valence-electron chi connectivity index (χ1n) is 7.34. The predicted molar refractivity (Wildman–Crippen MR) is 82.4 cm³/mol. The number of anilines is 2. The van der Waals surface area contributed by atoms with Gasteiger partial charge in [-0.15, -0.1) is 0 Å². The molecule has 0 fully saturated rings. The Morgan fingerprint density at radius 3 is 2.67 bits per heavy atom. The van der Waals surface area contributed by atoms with Crippen LogP contribution in [0.15, 0.2) is 0 Å². The molecule has 7 nitrogen and oxygen atoms in total. The maximum absolute atomic E-state index is 8.91. The summed E-state index contributed by atoms with van der Waals surface area (Å²) >= 11 is 0. The second-order valence-electron chi connectivity index (χ2n) is 4.93. The summed E-state index contributed by atoms with van der Waals surface area (Å²) in [5.41, 5.74) is 0. The number of nitriles is 1. The summed E-state index contributed by atoms with van der Waals surface area (Å²) in [5, 5.41) is 12.0. The average molecular weight is 292 g/mol. The lowest BCUT2D eigenvalue weighted by Gasteiger charge is -2.19. The van der Waals surface area contributed by atoms with Crippen molar-refractivity contribution in [3.63, 3.8) is 0 Å². The molecule has 0 saturated heterocycles. The standard InChI is InChI=1S/C14H24N6O/c1-5-7-16-12-17-13(20(4)10-11(3)9-15)19-14(18-12)21-8-6-2/h11H,5-8,10H2,1-4H3,(H,16,17,18,19). The molecule has 0 radical (unpaired) electrons. The number of ether oxygens (including phenoxy) is 1. The predicted octanol–water partition coefficient (Wildman–Crippen LogP) is 2.08. The minimum atomic E-state index is -0.0983. The summed E-state index contributed by atoms with van der Waals surface area (Å²) < 4.78 is 5.50. The summed E-state index contributed by atoms with van der Waals surface area (Å²) in [7, 11) is 1.86. The van der Waals surface area contributed by atoms with Gasteiger partial charge in [-0.1, -0.05) is 13.8 Å². The van der Waals surface area contributed by atoms with Crippen molar-refractivity contribution >= 4 is 11.9 Å². The third-order valence-electron chi connectivity index (χ3n) is 2.68. The van der Waals surface area contributed by atoms with Crippen molar-refractivity contribution in [1.82, 2.24) is 15.0 Å². The van der Waals surface area contributed by atoms with Crippen LogP contribution in [0.3, 0.4) is 0 Å².